The number of nitrogens with zero attached hydrogens (tertiary/aromatic N) is 1. The van der Waals surface area contributed by atoms with Crippen molar-refractivity contribution in [2.45, 2.75) is 25.8 Å². The molecule has 0 saturated heterocycles. The molecule has 0 aliphatic rings. The maximum Gasteiger partial charge on any atom is 0.0410 e. The summed E-state index contributed by atoms with van der Waals surface area (Å²) in [5.41, 5.74) is 7.24. The molecule has 0 bridgehead atoms. The van der Waals surface area contributed by atoms with Crippen molar-refractivity contribution in [1.82, 2.24) is 4.98 Å². The number of rotatable bonds is 6. The lowest BCUT2D eigenvalue weighted by Gasteiger charge is -2.10. The highest BCUT2D eigenvalue weighted by Gasteiger charge is 2.04. The normalized spacial score (nSPS) is 12.7. The molecule has 1 unspecified atom stereocenters. The van der Waals surface area contributed by atoms with Crippen molar-refractivity contribution < 1.29 is 0 Å². The molecule has 0 aliphatic heterocycles. The van der Waals surface area contributed by atoms with Gasteiger partial charge in [0.25, 0.3) is 0 Å². The second-order valence-corrected chi connectivity index (χ2v) is 5.62. The van der Waals surface area contributed by atoms with Crippen LogP contribution in [-0.4, -0.2) is 22.5 Å². The predicted molar refractivity (Wildman–Crippen MR) is 71.2 cm³/mol. The van der Waals surface area contributed by atoms with Gasteiger partial charge in [-0.3, -0.25) is 4.98 Å². The molecule has 0 aromatic carbocycles. The van der Waals surface area contributed by atoms with Crippen molar-refractivity contribution in [2.75, 3.05) is 11.5 Å². The number of nitrogens with two attached hydrogens (primary N) is 1. The summed E-state index contributed by atoms with van der Waals surface area (Å²) in [5.74, 6) is 2.23. The van der Waals surface area contributed by atoms with Crippen LogP contribution in [0.25, 0.3) is 0 Å². The minimum atomic E-state index is 0.234. The molecule has 0 amide bonds. The Bertz CT molecular complexity index is 294. The number of aromatic nitrogens is 1. The Kier molecular flexibility index (Phi) is 6.29. The Morgan fingerprint density at radius 2 is 2.33 bits per heavy atom. The second-order valence-electron chi connectivity index (χ2n) is 3.55. The lowest BCUT2D eigenvalue weighted by atomic mass is 10.1. The molecular formula is C11H17BrN2S. The van der Waals surface area contributed by atoms with Gasteiger partial charge < -0.3 is 5.73 Å². The number of pyridine rings is 1. The molecule has 2 N–H and O–H groups in total. The third-order valence-electron chi connectivity index (χ3n) is 1.94. The highest BCUT2D eigenvalue weighted by molar-refractivity contribution is 9.10. The first-order chi connectivity index (χ1) is 7.22. The maximum atomic E-state index is 6.03. The number of thioether (sulfide) groups is 1. The van der Waals surface area contributed by atoms with E-state index < -0.39 is 0 Å². The van der Waals surface area contributed by atoms with E-state index in [1.54, 1.807) is 6.20 Å². The van der Waals surface area contributed by atoms with Crippen molar-refractivity contribution in [3.05, 3.63) is 28.5 Å². The van der Waals surface area contributed by atoms with Crippen molar-refractivity contribution in [2.24, 2.45) is 5.73 Å². The van der Waals surface area contributed by atoms with Crippen LogP contribution in [0.4, 0.5) is 0 Å². The van der Waals surface area contributed by atoms with Gasteiger partial charge in [0.2, 0.25) is 0 Å². The van der Waals surface area contributed by atoms with Gasteiger partial charge in [0.1, 0.15) is 0 Å². The molecule has 1 rings (SSSR count). The highest BCUT2D eigenvalue weighted by atomic mass is 79.9. The second kappa shape index (κ2) is 7.25. The van der Waals surface area contributed by atoms with E-state index in [9.17, 15) is 0 Å². The van der Waals surface area contributed by atoms with Crippen molar-refractivity contribution >= 4 is 27.7 Å². The van der Waals surface area contributed by atoms with Gasteiger partial charge in [-0.25, -0.2) is 0 Å². The quantitative estimate of drug-likeness (QED) is 0.818. The smallest absolute Gasteiger partial charge is 0.0410 e. The van der Waals surface area contributed by atoms with Crippen LogP contribution in [0.1, 0.15) is 18.9 Å². The summed E-state index contributed by atoms with van der Waals surface area (Å²) >= 11 is 5.34. The molecule has 2 nitrogen and oxygen atoms in total. The first kappa shape index (κ1) is 13.0. The van der Waals surface area contributed by atoms with E-state index >= 15 is 0 Å². The molecular weight excluding hydrogens is 272 g/mol. The zero-order valence-corrected chi connectivity index (χ0v) is 11.4. The van der Waals surface area contributed by atoms with Crippen LogP contribution in [0.15, 0.2) is 22.9 Å². The molecule has 1 atom stereocenters. The van der Waals surface area contributed by atoms with E-state index in [-0.39, 0.29) is 6.04 Å². The van der Waals surface area contributed by atoms with Crippen LogP contribution >= 0.6 is 27.7 Å². The van der Waals surface area contributed by atoms with Crippen LogP contribution in [0.3, 0.4) is 0 Å². The topological polar surface area (TPSA) is 38.9 Å². The average molecular weight is 289 g/mol. The summed E-state index contributed by atoms with van der Waals surface area (Å²) < 4.78 is 1.02. The minimum absolute atomic E-state index is 0.234. The molecule has 1 aromatic rings. The molecule has 0 saturated carbocycles. The summed E-state index contributed by atoms with van der Waals surface area (Å²) in [6.07, 6.45) is 5.80. The number of hydrogen-bond acceptors (Lipinski definition) is 3. The number of halogens is 1. The lowest BCUT2D eigenvalue weighted by molar-refractivity contribution is 0.745. The monoisotopic (exact) mass is 288 g/mol. The fourth-order valence-electron chi connectivity index (χ4n) is 1.31. The summed E-state index contributed by atoms with van der Waals surface area (Å²) in [4.78, 5) is 4.12. The summed E-state index contributed by atoms with van der Waals surface area (Å²) in [7, 11) is 0. The van der Waals surface area contributed by atoms with Gasteiger partial charge in [-0.15, -0.1) is 0 Å². The Balaban J connectivity index is 2.34. The van der Waals surface area contributed by atoms with Crippen LogP contribution in [0, 0.1) is 0 Å². The Hall–Kier alpha value is -0.0600. The van der Waals surface area contributed by atoms with Gasteiger partial charge in [0, 0.05) is 28.7 Å². The lowest BCUT2D eigenvalue weighted by Crippen LogP contribution is -2.25. The molecule has 0 radical (unpaired) electrons. The molecule has 4 heteroatoms. The van der Waals surface area contributed by atoms with E-state index in [4.69, 9.17) is 5.73 Å². The van der Waals surface area contributed by atoms with Crippen molar-refractivity contribution in [1.29, 1.82) is 0 Å². The molecule has 84 valence electrons. The van der Waals surface area contributed by atoms with Gasteiger partial charge in [0.15, 0.2) is 0 Å². The van der Waals surface area contributed by atoms with E-state index in [2.05, 4.69) is 33.9 Å². The predicted octanol–water partition coefficient (Wildman–Crippen LogP) is 2.86. The summed E-state index contributed by atoms with van der Waals surface area (Å²) in [6.45, 7) is 2.19. The van der Waals surface area contributed by atoms with Gasteiger partial charge in [-0.05, 0) is 46.2 Å². The Morgan fingerprint density at radius 3 is 3.00 bits per heavy atom. The Morgan fingerprint density at radius 1 is 1.53 bits per heavy atom. The molecule has 1 aromatic heterocycles. The first-order valence-corrected chi connectivity index (χ1v) is 7.10. The fourth-order valence-corrected chi connectivity index (χ4v) is 2.60. The van der Waals surface area contributed by atoms with E-state index in [0.29, 0.717) is 0 Å². The molecule has 0 fully saturated rings. The molecule has 0 spiro atoms. The van der Waals surface area contributed by atoms with Gasteiger partial charge in [-0.2, -0.15) is 11.8 Å². The zero-order valence-electron chi connectivity index (χ0n) is 8.95. The van der Waals surface area contributed by atoms with Crippen LogP contribution in [-0.2, 0) is 6.42 Å². The molecule has 15 heavy (non-hydrogen) atoms. The fraction of sp³-hybridized carbons (Fsp3) is 0.545. The SMILES string of the molecule is CCCSCC(N)Cc1cncc(Br)c1. The largest absolute Gasteiger partial charge is 0.327 e. The zero-order chi connectivity index (χ0) is 11.1. The highest BCUT2D eigenvalue weighted by Crippen LogP contribution is 2.12. The van der Waals surface area contributed by atoms with E-state index in [1.807, 2.05) is 18.0 Å². The van der Waals surface area contributed by atoms with Gasteiger partial charge in [0.05, 0.1) is 0 Å². The van der Waals surface area contributed by atoms with E-state index in [0.717, 1.165) is 16.6 Å². The molecule has 1 heterocycles. The van der Waals surface area contributed by atoms with Crippen LogP contribution in [0.2, 0.25) is 0 Å². The van der Waals surface area contributed by atoms with Gasteiger partial charge in [-0.1, -0.05) is 6.92 Å². The Labute approximate surface area is 104 Å². The molecule has 0 aliphatic carbocycles. The third-order valence-corrected chi connectivity index (χ3v) is 3.73. The third kappa shape index (κ3) is 5.54. The maximum absolute atomic E-state index is 6.03. The van der Waals surface area contributed by atoms with E-state index in [1.165, 1.54) is 17.7 Å². The number of hydrogen-bond donors (Lipinski definition) is 1. The van der Waals surface area contributed by atoms with Gasteiger partial charge >= 0.3 is 0 Å². The standard InChI is InChI=1S/C11H17BrN2S/c1-2-3-15-8-11(13)5-9-4-10(12)7-14-6-9/h4,6-7,11H,2-3,5,8,13H2,1H3. The summed E-state index contributed by atoms with van der Waals surface area (Å²) in [5, 5.41) is 0. The van der Waals surface area contributed by atoms with Crippen molar-refractivity contribution in [3.8, 4) is 0 Å². The summed E-state index contributed by atoms with van der Waals surface area (Å²) in [6, 6.07) is 2.31. The van der Waals surface area contributed by atoms with Crippen LogP contribution < -0.4 is 5.73 Å². The van der Waals surface area contributed by atoms with Crippen LogP contribution in [0.5, 0.6) is 0 Å². The minimum Gasteiger partial charge on any atom is -0.327 e. The van der Waals surface area contributed by atoms with Crippen molar-refractivity contribution in [3.63, 3.8) is 0 Å². The average Bonchev–Trinajstić information content (AvgIpc) is 2.18. The first-order valence-electron chi connectivity index (χ1n) is 5.15.